The highest BCUT2D eigenvalue weighted by Crippen LogP contribution is 2.38. The lowest BCUT2D eigenvalue weighted by Crippen LogP contribution is -2.29. The molecule has 0 radical (unpaired) electrons. The van der Waals surface area contributed by atoms with Crippen molar-refractivity contribution in [1.82, 2.24) is 4.90 Å². The Hall–Kier alpha value is -1.70. The van der Waals surface area contributed by atoms with Crippen LogP contribution in [0.1, 0.15) is 20.8 Å². The first-order valence-corrected chi connectivity index (χ1v) is 8.21. The van der Waals surface area contributed by atoms with Gasteiger partial charge in [-0.1, -0.05) is 0 Å². The third-order valence-electron chi connectivity index (χ3n) is 3.28. The molecule has 0 atom stereocenters. The number of nitrogens with zero attached hydrogens (tertiary/aromatic N) is 3. The van der Waals surface area contributed by atoms with Crippen molar-refractivity contribution in [2.24, 2.45) is 9.98 Å². The number of hydrogen-bond donors (Lipinski definition) is 0. The van der Waals surface area contributed by atoms with Crippen LogP contribution < -0.4 is 4.74 Å². The number of hydrogen-bond acceptors (Lipinski definition) is 4. The minimum atomic E-state index is -4.69. The molecule has 0 unspecified atom stereocenters. The van der Waals surface area contributed by atoms with Crippen molar-refractivity contribution in [2.75, 3.05) is 18.8 Å². The molecule has 0 amide bonds. The van der Waals surface area contributed by atoms with E-state index in [1.54, 1.807) is 0 Å². The Balaban J connectivity index is 2.20. The fourth-order valence-electron chi connectivity index (χ4n) is 2.21. The summed E-state index contributed by atoms with van der Waals surface area (Å²) < 4.78 is 40.7. The Bertz CT molecular complexity index is 625. The van der Waals surface area contributed by atoms with Gasteiger partial charge in [0.1, 0.15) is 17.4 Å². The maximum absolute atomic E-state index is 12.2. The lowest BCUT2D eigenvalue weighted by Gasteiger charge is -2.21. The number of fused-ring (bicyclic) bond motifs is 1. The van der Waals surface area contributed by atoms with Gasteiger partial charge in [-0.25, -0.2) is 9.98 Å². The standard InChI is InChI=1S/C15H18F3N3OS/c1-4-21(5-2)10(3)19-14-9-23-13-8-11(22-15(16,17)18)6-7-12(13)20-14/h6-8H,4-5,9H2,1-3H3/b19-10+. The monoisotopic (exact) mass is 345 g/mol. The number of benzene rings is 1. The van der Waals surface area contributed by atoms with Gasteiger partial charge in [0.2, 0.25) is 0 Å². The summed E-state index contributed by atoms with van der Waals surface area (Å²) in [6.07, 6.45) is -4.69. The van der Waals surface area contributed by atoms with Crippen molar-refractivity contribution in [3.8, 4) is 5.75 Å². The van der Waals surface area contributed by atoms with E-state index in [1.165, 1.54) is 30.0 Å². The molecule has 1 aliphatic heterocycles. The van der Waals surface area contributed by atoms with Crippen molar-refractivity contribution >= 4 is 29.1 Å². The first kappa shape index (κ1) is 17.7. The van der Waals surface area contributed by atoms with Crippen LogP contribution in [0.25, 0.3) is 0 Å². The zero-order valence-corrected chi connectivity index (χ0v) is 14.0. The van der Waals surface area contributed by atoms with Crippen molar-refractivity contribution < 1.29 is 17.9 Å². The van der Waals surface area contributed by atoms with Crippen molar-refractivity contribution in [3.63, 3.8) is 0 Å². The van der Waals surface area contributed by atoms with Crippen LogP contribution in [0.15, 0.2) is 33.1 Å². The summed E-state index contributed by atoms with van der Waals surface area (Å²) >= 11 is 1.40. The normalized spacial score (nSPS) is 15.0. The average Bonchev–Trinajstić information content (AvgIpc) is 2.47. The van der Waals surface area contributed by atoms with Crippen molar-refractivity contribution in [2.45, 2.75) is 32.0 Å². The number of ether oxygens (including phenoxy) is 1. The number of halogens is 3. The largest absolute Gasteiger partial charge is 0.573 e. The third-order valence-corrected chi connectivity index (χ3v) is 4.32. The van der Waals surface area contributed by atoms with Crippen LogP contribution in [0, 0.1) is 0 Å². The molecule has 0 aliphatic carbocycles. The molecule has 8 heteroatoms. The van der Waals surface area contributed by atoms with Gasteiger partial charge in [-0.3, -0.25) is 0 Å². The Kier molecular flexibility index (Phi) is 5.56. The summed E-state index contributed by atoms with van der Waals surface area (Å²) in [5.41, 5.74) is 0.613. The molecule has 0 bridgehead atoms. The molecular weight excluding hydrogens is 327 g/mol. The summed E-state index contributed by atoms with van der Waals surface area (Å²) in [6.45, 7) is 7.76. The quantitative estimate of drug-likeness (QED) is 0.599. The van der Waals surface area contributed by atoms with Crippen molar-refractivity contribution in [1.29, 1.82) is 0 Å². The van der Waals surface area contributed by atoms with Crippen LogP contribution in [0.5, 0.6) is 5.75 Å². The molecule has 0 saturated heterocycles. The van der Waals surface area contributed by atoms with Gasteiger partial charge in [0.15, 0.2) is 0 Å². The van der Waals surface area contributed by atoms with E-state index in [0.717, 1.165) is 18.9 Å². The Morgan fingerprint density at radius 3 is 2.65 bits per heavy atom. The SMILES string of the molecule is CCN(CC)/C(C)=N/C1=Nc2ccc(OC(F)(F)F)cc2SC1. The molecule has 1 aliphatic rings. The lowest BCUT2D eigenvalue weighted by molar-refractivity contribution is -0.274. The molecule has 0 aromatic heterocycles. The van der Waals surface area contributed by atoms with Gasteiger partial charge in [0.05, 0.1) is 11.4 Å². The van der Waals surface area contributed by atoms with Crippen LogP contribution in [0.3, 0.4) is 0 Å². The maximum Gasteiger partial charge on any atom is 0.573 e. The van der Waals surface area contributed by atoms with Gasteiger partial charge in [-0.15, -0.1) is 24.9 Å². The smallest absolute Gasteiger partial charge is 0.406 e. The van der Waals surface area contributed by atoms with E-state index in [1.807, 2.05) is 6.92 Å². The van der Waals surface area contributed by atoms with Gasteiger partial charge in [-0.05, 0) is 39.0 Å². The number of aliphatic imine (C=N–C) groups is 2. The van der Waals surface area contributed by atoms with E-state index in [4.69, 9.17) is 0 Å². The second-order valence-corrected chi connectivity index (χ2v) is 5.84. The molecule has 0 spiro atoms. The fraction of sp³-hybridized carbons (Fsp3) is 0.467. The number of thioether (sulfide) groups is 1. The van der Waals surface area contributed by atoms with Gasteiger partial charge in [-0.2, -0.15) is 0 Å². The molecule has 2 rings (SSSR count). The minimum Gasteiger partial charge on any atom is -0.406 e. The summed E-state index contributed by atoms with van der Waals surface area (Å²) in [7, 11) is 0. The van der Waals surface area contributed by atoms with Crippen LogP contribution >= 0.6 is 11.8 Å². The number of rotatable bonds is 3. The maximum atomic E-state index is 12.2. The van der Waals surface area contributed by atoms with Crippen LogP contribution in [0.4, 0.5) is 18.9 Å². The average molecular weight is 345 g/mol. The first-order chi connectivity index (χ1) is 10.8. The third kappa shape index (κ3) is 4.89. The second kappa shape index (κ2) is 7.25. The van der Waals surface area contributed by atoms with Crippen LogP contribution in [0.2, 0.25) is 0 Å². The summed E-state index contributed by atoms with van der Waals surface area (Å²) in [5, 5.41) is 0. The number of amidine groups is 2. The first-order valence-electron chi connectivity index (χ1n) is 7.22. The Labute approximate surface area is 137 Å². The van der Waals surface area contributed by atoms with E-state index >= 15 is 0 Å². The van der Waals surface area contributed by atoms with Crippen LogP contribution in [-0.4, -0.2) is 41.8 Å². The molecule has 4 nitrogen and oxygen atoms in total. The molecule has 1 aromatic rings. The Morgan fingerprint density at radius 1 is 1.35 bits per heavy atom. The van der Waals surface area contributed by atoms with E-state index in [0.29, 0.717) is 22.2 Å². The van der Waals surface area contributed by atoms with Crippen molar-refractivity contribution in [3.05, 3.63) is 18.2 Å². The predicted molar refractivity (Wildman–Crippen MR) is 87.0 cm³/mol. The molecule has 0 saturated carbocycles. The molecule has 1 heterocycles. The minimum absolute atomic E-state index is 0.231. The highest BCUT2D eigenvalue weighted by atomic mass is 32.2. The summed E-state index contributed by atoms with van der Waals surface area (Å²) in [5.74, 6) is 1.83. The highest BCUT2D eigenvalue weighted by Gasteiger charge is 2.31. The topological polar surface area (TPSA) is 37.2 Å². The number of alkyl halides is 3. The molecule has 23 heavy (non-hydrogen) atoms. The molecule has 0 N–H and O–H groups in total. The van der Waals surface area contributed by atoms with Crippen LogP contribution in [-0.2, 0) is 0 Å². The van der Waals surface area contributed by atoms with Gasteiger partial charge in [0, 0.05) is 18.0 Å². The van der Waals surface area contributed by atoms with E-state index in [-0.39, 0.29) is 5.75 Å². The predicted octanol–water partition coefficient (Wildman–Crippen LogP) is 4.48. The van der Waals surface area contributed by atoms with Gasteiger partial charge >= 0.3 is 6.36 Å². The molecule has 1 aromatic carbocycles. The fourth-order valence-corrected chi connectivity index (χ4v) is 3.08. The van der Waals surface area contributed by atoms with E-state index < -0.39 is 6.36 Å². The molecular formula is C15H18F3N3OS. The lowest BCUT2D eigenvalue weighted by atomic mass is 10.3. The zero-order valence-electron chi connectivity index (χ0n) is 13.1. The van der Waals surface area contributed by atoms with Gasteiger partial charge in [0.25, 0.3) is 0 Å². The van der Waals surface area contributed by atoms with Gasteiger partial charge < -0.3 is 9.64 Å². The highest BCUT2D eigenvalue weighted by molar-refractivity contribution is 8.00. The zero-order chi connectivity index (χ0) is 17.0. The second-order valence-electron chi connectivity index (χ2n) is 4.83. The molecule has 0 fully saturated rings. The van der Waals surface area contributed by atoms with E-state index in [2.05, 4.69) is 33.5 Å². The van der Waals surface area contributed by atoms with E-state index in [9.17, 15) is 13.2 Å². The summed E-state index contributed by atoms with van der Waals surface area (Å²) in [6, 6.07) is 4.14. The molecule has 126 valence electrons. The summed E-state index contributed by atoms with van der Waals surface area (Å²) in [4.78, 5) is 11.7. The Morgan fingerprint density at radius 2 is 2.04 bits per heavy atom.